The van der Waals surface area contributed by atoms with Gasteiger partial charge in [0.25, 0.3) is 0 Å². The van der Waals surface area contributed by atoms with Crippen molar-refractivity contribution in [1.29, 1.82) is 5.26 Å². The Morgan fingerprint density at radius 2 is 1.95 bits per heavy atom. The molecular weight excluding hydrogens is 266 g/mol. The van der Waals surface area contributed by atoms with Crippen molar-refractivity contribution in [2.24, 2.45) is 11.7 Å². The first kappa shape index (κ1) is 15.5. The number of aliphatic hydroxyl groups is 1. The third kappa shape index (κ3) is 4.28. The van der Waals surface area contributed by atoms with Crippen LogP contribution in [0, 0.1) is 17.2 Å². The fraction of sp³-hybridized carbons (Fsp3) is 0.500. The Kier molecular flexibility index (Phi) is 5.32. The number of primary amides is 1. The second-order valence-electron chi connectivity index (χ2n) is 5.61. The molecule has 0 bridgehead atoms. The highest BCUT2D eigenvalue weighted by atomic mass is 16.3. The maximum atomic E-state index is 11.1. The van der Waals surface area contributed by atoms with Crippen molar-refractivity contribution in [3.8, 4) is 6.07 Å². The quantitative estimate of drug-likeness (QED) is 0.758. The molecule has 1 atom stereocenters. The molecule has 1 aromatic rings. The van der Waals surface area contributed by atoms with Gasteiger partial charge in [-0.25, -0.2) is 0 Å². The van der Waals surface area contributed by atoms with E-state index in [0.29, 0.717) is 18.2 Å². The topological polar surface area (TPSA) is 99.1 Å². The van der Waals surface area contributed by atoms with Gasteiger partial charge in [-0.05, 0) is 43.4 Å². The third-order valence-corrected chi connectivity index (χ3v) is 4.15. The van der Waals surface area contributed by atoms with Crippen LogP contribution in [-0.4, -0.2) is 23.6 Å². The van der Waals surface area contributed by atoms with E-state index < -0.39 is 6.10 Å². The molecule has 21 heavy (non-hydrogen) atoms. The maximum absolute atomic E-state index is 11.1. The molecule has 0 radical (unpaired) electrons. The van der Waals surface area contributed by atoms with Crippen LogP contribution in [0.1, 0.15) is 42.9 Å². The number of nitriles is 1. The van der Waals surface area contributed by atoms with Gasteiger partial charge in [0.2, 0.25) is 5.91 Å². The zero-order valence-electron chi connectivity index (χ0n) is 12.0. The van der Waals surface area contributed by atoms with Gasteiger partial charge in [0, 0.05) is 18.5 Å². The molecule has 1 aromatic carbocycles. The van der Waals surface area contributed by atoms with E-state index in [-0.39, 0.29) is 11.8 Å². The van der Waals surface area contributed by atoms with E-state index in [0.717, 1.165) is 31.2 Å². The summed E-state index contributed by atoms with van der Waals surface area (Å²) in [6.45, 7) is 0.470. The van der Waals surface area contributed by atoms with Crippen molar-refractivity contribution in [1.82, 2.24) is 5.32 Å². The summed E-state index contributed by atoms with van der Waals surface area (Å²) in [6.07, 6.45) is 2.87. The van der Waals surface area contributed by atoms with Crippen LogP contribution in [0.15, 0.2) is 24.3 Å². The monoisotopic (exact) mass is 287 g/mol. The molecule has 0 heterocycles. The minimum absolute atomic E-state index is 0.00602. The van der Waals surface area contributed by atoms with E-state index >= 15 is 0 Å². The number of nitrogens with zero attached hydrogens (tertiary/aromatic N) is 1. The minimum atomic E-state index is -0.591. The maximum Gasteiger partial charge on any atom is 0.220 e. The average molecular weight is 287 g/mol. The van der Waals surface area contributed by atoms with E-state index in [1.54, 1.807) is 24.3 Å². The molecule has 0 saturated heterocycles. The molecule has 4 N–H and O–H groups in total. The van der Waals surface area contributed by atoms with Gasteiger partial charge in [-0.2, -0.15) is 5.26 Å². The largest absolute Gasteiger partial charge is 0.387 e. The highest BCUT2D eigenvalue weighted by Gasteiger charge is 2.24. The fourth-order valence-electron chi connectivity index (χ4n) is 2.76. The van der Waals surface area contributed by atoms with Crippen LogP contribution in [0.2, 0.25) is 0 Å². The summed E-state index contributed by atoms with van der Waals surface area (Å²) in [5.74, 6) is -0.197. The van der Waals surface area contributed by atoms with Crippen molar-refractivity contribution < 1.29 is 9.90 Å². The smallest absolute Gasteiger partial charge is 0.220 e. The lowest BCUT2D eigenvalue weighted by Crippen LogP contribution is -2.38. The second-order valence-corrected chi connectivity index (χ2v) is 5.61. The molecule has 5 heteroatoms. The predicted molar refractivity (Wildman–Crippen MR) is 79.1 cm³/mol. The van der Waals surface area contributed by atoms with E-state index in [4.69, 9.17) is 11.0 Å². The molecule has 0 aliphatic heterocycles. The summed E-state index contributed by atoms with van der Waals surface area (Å²) in [7, 11) is 0. The molecule has 1 unspecified atom stereocenters. The normalized spacial score (nSPS) is 23.2. The number of nitrogens with two attached hydrogens (primary N) is 1. The highest BCUT2D eigenvalue weighted by Crippen LogP contribution is 2.24. The van der Waals surface area contributed by atoms with Crippen LogP contribution in [0.5, 0.6) is 0 Å². The minimum Gasteiger partial charge on any atom is -0.387 e. The Hall–Kier alpha value is -1.90. The number of benzene rings is 1. The van der Waals surface area contributed by atoms with E-state index in [9.17, 15) is 9.90 Å². The zero-order valence-corrected chi connectivity index (χ0v) is 12.0. The Morgan fingerprint density at radius 3 is 2.48 bits per heavy atom. The number of hydrogen-bond donors (Lipinski definition) is 3. The number of amides is 1. The number of carbonyl (C=O) groups excluding carboxylic acids is 1. The molecule has 1 aliphatic rings. The van der Waals surface area contributed by atoms with Gasteiger partial charge >= 0.3 is 0 Å². The van der Waals surface area contributed by atoms with Crippen LogP contribution >= 0.6 is 0 Å². The molecule has 1 amide bonds. The summed E-state index contributed by atoms with van der Waals surface area (Å²) < 4.78 is 0. The number of nitrogens with one attached hydrogen (secondary N) is 1. The van der Waals surface area contributed by atoms with Crippen LogP contribution < -0.4 is 11.1 Å². The van der Waals surface area contributed by atoms with Gasteiger partial charge in [0.05, 0.1) is 17.7 Å². The zero-order chi connectivity index (χ0) is 15.2. The Bertz CT molecular complexity index is 513. The molecule has 112 valence electrons. The Labute approximate surface area is 124 Å². The molecule has 1 fully saturated rings. The lowest BCUT2D eigenvalue weighted by atomic mass is 9.85. The molecule has 5 nitrogen and oxygen atoms in total. The highest BCUT2D eigenvalue weighted by molar-refractivity contribution is 5.76. The average Bonchev–Trinajstić information content (AvgIpc) is 2.53. The van der Waals surface area contributed by atoms with Crippen LogP contribution in [-0.2, 0) is 4.79 Å². The summed E-state index contributed by atoms with van der Waals surface area (Å²) in [6, 6.07) is 9.34. The number of carbonyl (C=O) groups is 1. The molecule has 0 spiro atoms. The molecule has 1 aliphatic carbocycles. The fourth-order valence-corrected chi connectivity index (χ4v) is 2.76. The van der Waals surface area contributed by atoms with Gasteiger partial charge in [0.15, 0.2) is 0 Å². The first-order valence-electron chi connectivity index (χ1n) is 7.31. The van der Waals surface area contributed by atoms with E-state index in [1.807, 2.05) is 0 Å². The van der Waals surface area contributed by atoms with Gasteiger partial charge in [-0.1, -0.05) is 12.1 Å². The Balaban J connectivity index is 1.78. The van der Waals surface area contributed by atoms with Crippen LogP contribution in [0.25, 0.3) is 0 Å². The molecule has 2 rings (SSSR count). The van der Waals surface area contributed by atoms with Crippen molar-refractivity contribution in [2.75, 3.05) is 6.54 Å². The van der Waals surface area contributed by atoms with Crippen LogP contribution in [0.3, 0.4) is 0 Å². The first-order chi connectivity index (χ1) is 10.1. The summed E-state index contributed by atoms with van der Waals surface area (Å²) in [5, 5.41) is 22.2. The summed E-state index contributed by atoms with van der Waals surface area (Å²) in [5.41, 5.74) is 6.70. The van der Waals surface area contributed by atoms with Gasteiger partial charge < -0.3 is 16.2 Å². The molecule has 1 saturated carbocycles. The Morgan fingerprint density at radius 1 is 1.33 bits per heavy atom. The number of aliphatic hydroxyl groups excluding tert-OH is 1. The van der Waals surface area contributed by atoms with E-state index in [1.165, 1.54) is 0 Å². The predicted octanol–water partition coefficient (Wildman–Crippen LogP) is 1.23. The third-order valence-electron chi connectivity index (χ3n) is 4.15. The second kappa shape index (κ2) is 7.21. The van der Waals surface area contributed by atoms with Gasteiger partial charge in [0.1, 0.15) is 0 Å². The molecular formula is C16H21N3O2. The van der Waals surface area contributed by atoms with Gasteiger partial charge in [-0.3, -0.25) is 4.79 Å². The van der Waals surface area contributed by atoms with Crippen molar-refractivity contribution in [2.45, 2.75) is 37.8 Å². The van der Waals surface area contributed by atoms with Crippen molar-refractivity contribution in [3.05, 3.63) is 35.4 Å². The standard InChI is InChI=1S/C16H21N3O2/c17-9-11-1-3-12(4-2-11)15(20)10-19-14-7-5-13(6-8-14)16(18)21/h1-4,13-15,19-20H,5-8,10H2,(H2,18,21). The number of rotatable bonds is 5. The van der Waals surface area contributed by atoms with Crippen molar-refractivity contribution in [3.63, 3.8) is 0 Å². The number of hydrogen-bond acceptors (Lipinski definition) is 4. The summed E-state index contributed by atoms with van der Waals surface area (Å²) in [4.78, 5) is 11.1. The molecule has 0 aromatic heterocycles. The first-order valence-corrected chi connectivity index (χ1v) is 7.31. The van der Waals surface area contributed by atoms with Gasteiger partial charge in [-0.15, -0.1) is 0 Å². The van der Waals surface area contributed by atoms with Crippen LogP contribution in [0.4, 0.5) is 0 Å². The van der Waals surface area contributed by atoms with E-state index in [2.05, 4.69) is 11.4 Å². The van der Waals surface area contributed by atoms with Crippen molar-refractivity contribution >= 4 is 5.91 Å². The summed E-state index contributed by atoms with van der Waals surface area (Å²) >= 11 is 0. The SMILES string of the molecule is N#Cc1ccc(C(O)CNC2CCC(C(N)=O)CC2)cc1. The lowest BCUT2D eigenvalue weighted by Gasteiger charge is -2.28. The lowest BCUT2D eigenvalue weighted by molar-refractivity contribution is -0.122.